The fraction of sp³-hybridized carbons (Fsp3) is 0.316. The Labute approximate surface area is 156 Å². The third-order valence-corrected chi connectivity index (χ3v) is 4.99. The highest BCUT2D eigenvalue weighted by Gasteiger charge is 2.25. The molecule has 0 aliphatic carbocycles. The van der Waals surface area contributed by atoms with E-state index in [-0.39, 0.29) is 17.6 Å². The van der Waals surface area contributed by atoms with Gasteiger partial charge in [0.15, 0.2) is 0 Å². The second kappa shape index (κ2) is 8.29. The van der Waals surface area contributed by atoms with Gasteiger partial charge >= 0.3 is 0 Å². The summed E-state index contributed by atoms with van der Waals surface area (Å²) in [6.45, 7) is 2.38. The van der Waals surface area contributed by atoms with Gasteiger partial charge in [0.05, 0.1) is 11.0 Å². The molecule has 1 aliphatic rings. The molecule has 1 heterocycles. The summed E-state index contributed by atoms with van der Waals surface area (Å²) in [5.41, 5.74) is 1.36. The minimum absolute atomic E-state index is 0.00759. The van der Waals surface area contributed by atoms with Gasteiger partial charge in [-0.2, -0.15) is 0 Å². The number of nitrogens with zero attached hydrogens (tertiary/aromatic N) is 2. The first-order chi connectivity index (χ1) is 12.6. The van der Waals surface area contributed by atoms with Crippen molar-refractivity contribution in [1.82, 2.24) is 10.2 Å². The molecule has 1 N–H and O–H groups in total. The first kappa shape index (κ1) is 18.4. The second-order valence-corrected chi connectivity index (χ2v) is 6.70. The van der Waals surface area contributed by atoms with Gasteiger partial charge in [-0.05, 0) is 49.7 Å². The number of rotatable bonds is 6. The van der Waals surface area contributed by atoms with E-state index in [4.69, 9.17) is 11.6 Å². The topological polar surface area (TPSA) is 75.5 Å². The lowest BCUT2D eigenvalue weighted by Crippen LogP contribution is -2.37. The summed E-state index contributed by atoms with van der Waals surface area (Å²) in [6, 6.07) is 13.3. The van der Waals surface area contributed by atoms with E-state index in [2.05, 4.69) is 10.2 Å². The van der Waals surface area contributed by atoms with Crippen LogP contribution < -0.4 is 5.32 Å². The van der Waals surface area contributed by atoms with E-state index in [1.807, 2.05) is 24.3 Å². The van der Waals surface area contributed by atoms with Crippen LogP contribution in [0.15, 0.2) is 48.5 Å². The van der Waals surface area contributed by atoms with Crippen LogP contribution >= 0.6 is 11.6 Å². The van der Waals surface area contributed by atoms with Gasteiger partial charge in [-0.1, -0.05) is 29.8 Å². The van der Waals surface area contributed by atoms with Crippen molar-refractivity contribution in [1.29, 1.82) is 0 Å². The van der Waals surface area contributed by atoms with Crippen LogP contribution in [-0.4, -0.2) is 35.4 Å². The molecule has 1 atom stereocenters. The van der Waals surface area contributed by atoms with Crippen LogP contribution in [0.2, 0.25) is 5.02 Å². The maximum Gasteiger partial charge on any atom is 0.269 e. The Kier molecular flexibility index (Phi) is 5.85. The van der Waals surface area contributed by atoms with Crippen LogP contribution in [0.3, 0.4) is 0 Å². The molecule has 7 heteroatoms. The Morgan fingerprint density at radius 3 is 2.42 bits per heavy atom. The zero-order valence-electron chi connectivity index (χ0n) is 14.2. The first-order valence-electron chi connectivity index (χ1n) is 8.57. The number of carbonyl (C=O) groups is 1. The lowest BCUT2D eigenvalue weighted by molar-refractivity contribution is -0.384. The van der Waals surface area contributed by atoms with E-state index in [0.717, 1.165) is 31.5 Å². The number of hydrogen-bond donors (Lipinski definition) is 1. The Balaban J connectivity index is 1.72. The van der Waals surface area contributed by atoms with Crippen LogP contribution in [0.1, 0.15) is 34.8 Å². The van der Waals surface area contributed by atoms with Crippen molar-refractivity contribution in [2.45, 2.75) is 18.9 Å². The van der Waals surface area contributed by atoms with Crippen molar-refractivity contribution in [3.05, 3.63) is 74.8 Å². The van der Waals surface area contributed by atoms with E-state index in [0.29, 0.717) is 17.1 Å². The predicted molar refractivity (Wildman–Crippen MR) is 100 cm³/mol. The molecule has 1 fully saturated rings. The van der Waals surface area contributed by atoms with Gasteiger partial charge in [0.1, 0.15) is 0 Å². The smallest absolute Gasteiger partial charge is 0.269 e. The van der Waals surface area contributed by atoms with E-state index in [9.17, 15) is 14.9 Å². The largest absolute Gasteiger partial charge is 0.350 e. The second-order valence-electron chi connectivity index (χ2n) is 6.29. The van der Waals surface area contributed by atoms with Gasteiger partial charge in [0.25, 0.3) is 11.6 Å². The van der Waals surface area contributed by atoms with Crippen LogP contribution in [0, 0.1) is 10.1 Å². The number of carbonyl (C=O) groups excluding carboxylic acids is 1. The molecule has 1 aliphatic heterocycles. The van der Waals surface area contributed by atoms with Crippen LogP contribution in [-0.2, 0) is 0 Å². The molecule has 136 valence electrons. The van der Waals surface area contributed by atoms with Gasteiger partial charge in [0.2, 0.25) is 0 Å². The summed E-state index contributed by atoms with van der Waals surface area (Å²) < 4.78 is 0. The Bertz CT molecular complexity index is 789. The summed E-state index contributed by atoms with van der Waals surface area (Å²) >= 11 is 6.37. The van der Waals surface area contributed by atoms with E-state index in [1.54, 1.807) is 0 Å². The average Bonchev–Trinajstić information content (AvgIpc) is 3.17. The zero-order valence-corrected chi connectivity index (χ0v) is 15.0. The van der Waals surface area contributed by atoms with Gasteiger partial charge < -0.3 is 5.32 Å². The quantitative estimate of drug-likeness (QED) is 0.617. The molecule has 3 rings (SSSR count). The average molecular weight is 374 g/mol. The fourth-order valence-electron chi connectivity index (χ4n) is 3.26. The molecule has 0 aromatic heterocycles. The van der Waals surface area contributed by atoms with E-state index < -0.39 is 4.92 Å². The molecule has 0 spiro atoms. The fourth-order valence-corrected chi connectivity index (χ4v) is 3.52. The standard InChI is InChI=1S/C19H20ClN3O3/c20-17-6-2-1-5-16(17)18(22-11-3-4-12-22)13-21-19(24)14-7-9-15(10-8-14)23(25)26/h1-2,5-10,18H,3-4,11-13H2,(H,21,24)/t18-/m0/s1. The molecule has 1 saturated heterocycles. The number of nitro groups is 1. The summed E-state index contributed by atoms with van der Waals surface area (Å²) in [7, 11) is 0. The molecule has 26 heavy (non-hydrogen) atoms. The van der Waals surface area contributed by atoms with Crippen molar-refractivity contribution in [3.8, 4) is 0 Å². The van der Waals surface area contributed by atoms with Crippen molar-refractivity contribution < 1.29 is 9.72 Å². The lowest BCUT2D eigenvalue weighted by atomic mass is 10.0. The SMILES string of the molecule is O=C(NC[C@@H](c1ccccc1Cl)N1CCCC1)c1ccc([N+](=O)[O-])cc1. The normalized spacial score (nSPS) is 15.6. The van der Waals surface area contributed by atoms with Crippen LogP contribution in [0.5, 0.6) is 0 Å². The maximum atomic E-state index is 12.4. The minimum atomic E-state index is -0.484. The number of halogens is 1. The third kappa shape index (κ3) is 4.20. The molecule has 2 aromatic rings. The molecule has 2 aromatic carbocycles. The Morgan fingerprint density at radius 2 is 1.81 bits per heavy atom. The number of hydrogen-bond acceptors (Lipinski definition) is 4. The highest BCUT2D eigenvalue weighted by atomic mass is 35.5. The van der Waals surface area contributed by atoms with E-state index in [1.165, 1.54) is 24.3 Å². The number of nitrogens with one attached hydrogen (secondary N) is 1. The molecule has 0 unspecified atom stereocenters. The highest BCUT2D eigenvalue weighted by molar-refractivity contribution is 6.31. The number of amides is 1. The van der Waals surface area contributed by atoms with Gasteiger partial charge in [-0.25, -0.2) is 0 Å². The summed E-state index contributed by atoms with van der Waals surface area (Å²) in [5, 5.41) is 14.3. The molecule has 0 radical (unpaired) electrons. The van der Waals surface area contributed by atoms with Crippen molar-refractivity contribution in [2.24, 2.45) is 0 Å². The van der Waals surface area contributed by atoms with Gasteiger partial charge in [-0.3, -0.25) is 19.8 Å². The third-order valence-electron chi connectivity index (χ3n) is 4.64. The number of likely N-dealkylation sites (tertiary alicyclic amines) is 1. The Hall–Kier alpha value is -2.44. The summed E-state index contributed by atoms with van der Waals surface area (Å²) in [6.07, 6.45) is 2.27. The highest BCUT2D eigenvalue weighted by Crippen LogP contribution is 2.29. The Morgan fingerprint density at radius 1 is 1.15 bits per heavy atom. The molecule has 0 saturated carbocycles. The summed E-state index contributed by atoms with van der Waals surface area (Å²) in [5.74, 6) is -0.254. The molecule has 1 amide bonds. The van der Waals surface area contributed by atoms with Crippen molar-refractivity contribution in [3.63, 3.8) is 0 Å². The van der Waals surface area contributed by atoms with Crippen molar-refractivity contribution >= 4 is 23.2 Å². The number of non-ortho nitro benzene ring substituents is 1. The monoisotopic (exact) mass is 373 g/mol. The first-order valence-corrected chi connectivity index (χ1v) is 8.95. The minimum Gasteiger partial charge on any atom is -0.350 e. The number of nitro benzene ring substituents is 1. The number of benzene rings is 2. The van der Waals surface area contributed by atoms with Gasteiger partial charge in [0, 0.05) is 29.3 Å². The predicted octanol–water partition coefficient (Wildman–Crippen LogP) is 3.82. The zero-order chi connectivity index (χ0) is 18.5. The lowest BCUT2D eigenvalue weighted by Gasteiger charge is -2.29. The van der Waals surface area contributed by atoms with Crippen LogP contribution in [0.4, 0.5) is 5.69 Å². The van der Waals surface area contributed by atoms with Crippen LogP contribution in [0.25, 0.3) is 0 Å². The van der Waals surface area contributed by atoms with Gasteiger partial charge in [-0.15, -0.1) is 0 Å². The molecule has 6 nitrogen and oxygen atoms in total. The molecule has 0 bridgehead atoms. The summed E-state index contributed by atoms with van der Waals surface area (Å²) in [4.78, 5) is 25.0. The maximum absolute atomic E-state index is 12.4. The van der Waals surface area contributed by atoms with Crippen molar-refractivity contribution in [2.75, 3.05) is 19.6 Å². The van der Waals surface area contributed by atoms with E-state index >= 15 is 0 Å². The molecular weight excluding hydrogens is 354 g/mol. The molecular formula is C19H20ClN3O3.